The highest BCUT2D eigenvalue weighted by Crippen LogP contribution is 2.25. The molecule has 0 atom stereocenters. The third kappa shape index (κ3) is 2.06. The first kappa shape index (κ1) is 10.7. The largest absolute Gasteiger partial charge is 0.508 e. The molecule has 2 rings (SSSR count). The second kappa shape index (κ2) is 4.37. The van der Waals surface area contributed by atoms with Crippen LogP contribution in [0.25, 0.3) is 11.3 Å². The molecule has 0 fully saturated rings. The SMILES string of the molecule is Cc1oc(CCN)nc1-c1ccc(O)cc1. The minimum atomic E-state index is 0.243. The van der Waals surface area contributed by atoms with Crippen molar-refractivity contribution in [3.63, 3.8) is 0 Å². The predicted molar refractivity (Wildman–Crippen MR) is 61.1 cm³/mol. The number of phenolic OH excluding ortho intramolecular Hbond substituents is 1. The summed E-state index contributed by atoms with van der Waals surface area (Å²) in [5, 5.41) is 9.20. The topological polar surface area (TPSA) is 72.3 Å². The molecular formula is C12H14N2O2. The zero-order chi connectivity index (χ0) is 11.5. The van der Waals surface area contributed by atoms with Crippen molar-refractivity contribution in [2.45, 2.75) is 13.3 Å². The molecule has 0 spiro atoms. The van der Waals surface area contributed by atoms with Crippen LogP contribution in [0.15, 0.2) is 28.7 Å². The van der Waals surface area contributed by atoms with Crippen LogP contribution in [0.2, 0.25) is 0 Å². The van der Waals surface area contributed by atoms with Crippen LogP contribution < -0.4 is 5.73 Å². The Balaban J connectivity index is 2.36. The van der Waals surface area contributed by atoms with E-state index in [0.29, 0.717) is 18.9 Å². The summed E-state index contributed by atoms with van der Waals surface area (Å²) in [6.07, 6.45) is 0.638. The van der Waals surface area contributed by atoms with E-state index in [1.807, 2.05) is 19.1 Å². The maximum atomic E-state index is 9.20. The van der Waals surface area contributed by atoms with Crippen LogP contribution in [0, 0.1) is 6.92 Å². The van der Waals surface area contributed by atoms with E-state index in [2.05, 4.69) is 4.98 Å². The third-order valence-electron chi connectivity index (χ3n) is 2.34. The van der Waals surface area contributed by atoms with Gasteiger partial charge < -0.3 is 15.3 Å². The van der Waals surface area contributed by atoms with Crippen LogP contribution >= 0.6 is 0 Å². The Morgan fingerprint density at radius 3 is 2.62 bits per heavy atom. The molecule has 3 N–H and O–H groups in total. The molecule has 0 aliphatic heterocycles. The summed E-state index contributed by atoms with van der Waals surface area (Å²) in [6.45, 7) is 2.39. The first-order valence-electron chi connectivity index (χ1n) is 5.16. The fourth-order valence-electron chi connectivity index (χ4n) is 1.57. The van der Waals surface area contributed by atoms with Crippen molar-refractivity contribution in [3.8, 4) is 17.0 Å². The monoisotopic (exact) mass is 218 g/mol. The van der Waals surface area contributed by atoms with Gasteiger partial charge in [0.1, 0.15) is 17.2 Å². The fourth-order valence-corrected chi connectivity index (χ4v) is 1.57. The minimum Gasteiger partial charge on any atom is -0.508 e. The molecule has 84 valence electrons. The van der Waals surface area contributed by atoms with Crippen molar-refractivity contribution in [1.82, 2.24) is 4.98 Å². The summed E-state index contributed by atoms with van der Waals surface area (Å²) < 4.78 is 5.49. The quantitative estimate of drug-likeness (QED) is 0.824. The Hall–Kier alpha value is -1.81. The van der Waals surface area contributed by atoms with Gasteiger partial charge in [-0.25, -0.2) is 4.98 Å². The molecule has 0 aliphatic rings. The highest BCUT2D eigenvalue weighted by Gasteiger charge is 2.10. The van der Waals surface area contributed by atoms with Gasteiger partial charge in [-0.05, 0) is 31.2 Å². The lowest BCUT2D eigenvalue weighted by Gasteiger charge is -1.97. The summed E-state index contributed by atoms with van der Waals surface area (Å²) in [5.41, 5.74) is 7.19. The molecule has 0 amide bonds. The van der Waals surface area contributed by atoms with Gasteiger partial charge in [0.2, 0.25) is 0 Å². The number of phenols is 1. The van der Waals surface area contributed by atoms with Crippen molar-refractivity contribution in [2.24, 2.45) is 5.73 Å². The number of nitrogens with zero attached hydrogens (tertiary/aromatic N) is 1. The van der Waals surface area contributed by atoms with Gasteiger partial charge in [-0.3, -0.25) is 0 Å². The highest BCUT2D eigenvalue weighted by atomic mass is 16.4. The molecule has 0 unspecified atom stereocenters. The van der Waals surface area contributed by atoms with Crippen molar-refractivity contribution in [3.05, 3.63) is 35.9 Å². The lowest BCUT2D eigenvalue weighted by Crippen LogP contribution is -2.02. The Labute approximate surface area is 93.7 Å². The van der Waals surface area contributed by atoms with Crippen LogP contribution in [0.3, 0.4) is 0 Å². The van der Waals surface area contributed by atoms with E-state index < -0.39 is 0 Å². The first-order chi connectivity index (χ1) is 7.70. The molecule has 4 heteroatoms. The maximum absolute atomic E-state index is 9.20. The number of benzene rings is 1. The number of hydrogen-bond acceptors (Lipinski definition) is 4. The number of oxazole rings is 1. The zero-order valence-electron chi connectivity index (χ0n) is 9.10. The highest BCUT2D eigenvalue weighted by molar-refractivity contribution is 5.61. The molecule has 0 saturated carbocycles. The molecule has 2 aromatic rings. The van der Waals surface area contributed by atoms with Gasteiger partial charge in [0, 0.05) is 18.5 Å². The van der Waals surface area contributed by atoms with Crippen LogP contribution in [0.1, 0.15) is 11.7 Å². The lowest BCUT2D eigenvalue weighted by molar-refractivity contribution is 0.472. The number of aryl methyl sites for hydroxylation is 1. The molecule has 4 nitrogen and oxygen atoms in total. The van der Waals surface area contributed by atoms with E-state index in [-0.39, 0.29) is 5.75 Å². The van der Waals surface area contributed by atoms with Crippen molar-refractivity contribution in [1.29, 1.82) is 0 Å². The van der Waals surface area contributed by atoms with Crippen LogP contribution in [-0.4, -0.2) is 16.6 Å². The van der Waals surface area contributed by atoms with E-state index in [1.54, 1.807) is 12.1 Å². The first-order valence-corrected chi connectivity index (χ1v) is 5.16. The lowest BCUT2D eigenvalue weighted by atomic mass is 10.1. The summed E-state index contributed by atoms with van der Waals surface area (Å²) in [7, 11) is 0. The fraction of sp³-hybridized carbons (Fsp3) is 0.250. The molecule has 16 heavy (non-hydrogen) atoms. The molecule has 0 radical (unpaired) electrons. The van der Waals surface area contributed by atoms with Gasteiger partial charge in [0.05, 0.1) is 0 Å². The number of aromatic hydroxyl groups is 1. The summed E-state index contributed by atoms with van der Waals surface area (Å²) >= 11 is 0. The van der Waals surface area contributed by atoms with Gasteiger partial charge >= 0.3 is 0 Å². The molecule has 0 aliphatic carbocycles. The smallest absolute Gasteiger partial charge is 0.196 e. The van der Waals surface area contributed by atoms with E-state index in [9.17, 15) is 5.11 Å². The molecule has 0 bridgehead atoms. The maximum Gasteiger partial charge on any atom is 0.196 e. The van der Waals surface area contributed by atoms with Crippen molar-refractivity contribution >= 4 is 0 Å². The van der Waals surface area contributed by atoms with Gasteiger partial charge in [0.15, 0.2) is 5.89 Å². The zero-order valence-corrected chi connectivity index (χ0v) is 9.10. The van der Waals surface area contributed by atoms with Gasteiger partial charge in [0.25, 0.3) is 0 Å². The molecule has 0 saturated heterocycles. The van der Waals surface area contributed by atoms with Crippen LogP contribution in [0.5, 0.6) is 5.75 Å². The van der Waals surface area contributed by atoms with Gasteiger partial charge in [-0.2, -0.15) is 0 Å². The summed E-state index contributed by atoms with van der Waals surface area (Å²) in [4.78, 5) is 4.37. The summed E-state index contributed by atoms with van der Waals surface area (Å²) in [6, 6.07) is 6.89. The Morgan fingerprint density at radius 2 is 2.00 bits per heavy atom. The normalized spacial score (nSPS) is 10.6. The third-order valence-corrected chi connectivity index (χ3v) is 2.34. The Morgan fingerprint density at radius 1 is 1.31 bits per heavy atom. The Kier molecular flexibility index (Phi) is 2.92. The molecule has 1 aromatic heterocycles. The van der Waals surface area contributed by atoms with E-state index in [0.717, 1.165) is 17.0 Å². The number of hydrogen-bond donors (Lipinski definition) is 2. The van der Waals surface area contributed by atoms with Gasteiger partial charge in [-0.15, -0.1) is 0 Å². The number of rotatable bonds is 3. The van der Waals surface area contributed by atoms with Crippen molar-refractivity contribution < 1.29 is 9.52 Å². The second-order valence-corrected chi connectivity index (χ2v) is 3.60. The van der Waals surface area contributed by atoms with Crippen LogP contribution in [0.4, 0.5) is 0 Å². The Bertz CT molecular complexity index is 474. The van der Waals surface area contributed by atoms with Crippen molar-refractivity contribution in [2.75, 3.05) is 6.54 Å². The average Bonchev–Trinajstić information content (AvgIpc) is 2.61. The second-order valence-electron chi connectivity index (χ2n) is 3.60. The average molecular weight is 218 g/mol. The van der Waals surface area contributed by atoms with E-state index in [1.165, 1.54) is 0 Å². The molecule has 1 heterocycles. The minimum absolute atomic E-state index is 0.243. The standard InChI is InChI=1S/C12H14N2O2/c1-8-12(14-11(16-8)6-7-13)9-2-4-10(15)5-3-9/h2-5,15H,6-7,13H2,1H3. The summed E-state index contributed by atoms with van der Waals surface area (Å²) in [5.74, 6) is 1.67. The molecular weight excluding hydrogens is 204 g/mol. The van der Waals surface area contributed by atoms with E-state index in [4.69, 9.17) is 10.2 Å². The van der Waals surface area contributed by atoms with Gasteiger partial charge in [-0.1, -0.05) is 0 Å². The number of nitrogens with two attached hydrogens (primary N) is 1. The number of aromatic nitrogens is 1. The molecule has 1 aromatic carbocycles. The predicted octanol–water partition coefficient (Wildman–Crippen LogP) is 1.86. The van der Waals surface area contributed by atoms with Crippen LogP contribution in [-0.2, 0) is 6.42 Å². The van der Waals surface area contributed by atoms with E-state index >= 15 is 0 Å².